The lowest BCUT2D eigenvalue weighted by Crippen LogP contribution is -2.35. The number of pyridine rings is 1. The fourth-order valence-corrected chi connectivity index (χ4v) is 2.97. The highest BCUT2D eigenvalue weighted by Crippen LogP contribution is 2.34. The number of likely N-dealkylation sites (tertiary alicyclic amines) is 1. The van der Waals surface area contributed by atoms with Crippen LogP contribution in [0.1, 0.15) is 44.2 Å². The molecule has 1 saturated heterocycles. The summed E-state index contributed by atoms with van der Waals surface area (Å²) in [5.41, 5.74) is 7.13. The van der Waals surface area contributed by atoms with Gasteiger partial charge in [0, 0.05) is 24.5 Å². The van der Waals surface area contributed by atoms with Gasteiger partial charge < -0.3 is 5.73 Å². The Bertz CT molecular complexity index is 325. The molecule has 1 aromatic heterocycles. The van der Waals surface area contributed by atoms with Crippen LogP contribution in [0.5, 0.6) is 0 Å². The van der Waals surface area contributed by atoms with Gasteiger partial charge in [0.25, 0.3) is 0 Å². The summed E-state index contributed by atoms with van der Waals surface area (Å²) in [7, 11) is 0. The van der Waals surface area contributed by atoms with E-state index in [1.54, 1.807) is 0 Å². The molecule has 0 amide bonds. The topological polar surface area (TPSA) is 42.1 Å². The average molecular weight is 233 g/mol. The van der Waals surface area contributed by atoms with Crippen LogP contribution in [0, 0.1) is 0 Å². The Morgan fingerprint density at radius 2 is 2.24 bits per heavy atom. The van der Waals surface area contributed by atoms with Crippen molar-refractivity contribution in [1.82, 2.24) is 9.88 Å². The molecule has 0 aromatic carbocycles. The first kappa shape index (κ1) is 12.5. The second-order valence-electron chi connectivity index (χ2n) is 4.82. The Morgan fingerprint density at radius 1 is 1.47 bits per heavy atom. The smallest absolute Gasteiger partial charge is 0.0352 e. The molecule has 3 heteroatoms. The van der Waals surface area contributed by atoms with E-state index in [9.17, 15) is 0 Å². The SMILES string of the molecule is CCC(CCN)N1CCCC1c1ccncc1. The van der Waals surface area contributed by atoms with E-state index in [0.29, 0.717) is 12.1 Å². The molecule has 1 aromatic rings. The van der Waals surface area contributed by atoms with Crippen molar-refractivity contribution in [3.63, 3.8) is 0 Å². The first-order chi connectivity index (χ1) is 8.36. The number of hydrogen-bond donors (Lipinski definition) is 1. The van der Waals surface area contributed by atoms with Crippen molar-refractivity contribution < 1.29 is 0 Å². The molecule has 3 nitrogen and oxygen atoms in total. The zero-order valence-corrected chi connectivity index (χ0v) is 10.7. The van der Waals surface area contributed by atoms with E-state index in [2.05, 4.69) is 28.9 Å². The predicted octanol–water partition coefficient (Wildman–Crippen LogP) is 2.35. The van der Waals surface area contributed by atoms with E-state index >= 15 is 0 Å². The first-order valence-corrected chi connectivity index (χ1v) is 6.72. The Hall–Kier alpha value is -0.930. The van der Waals surface area contributed by atoms with Gasteiger partial charge in [-0.25, -0.2) is 0 Å². The van der Waals surface area contributed by atoms with Gasteiger partial charge in [0.05, 0.1) is 0 Å². The molecule has 1 aliphatic heterocycles. The Labute approximate surface area is 104 Å². The number of rotatable bonds is 5. The summed E-state index contributed by atoms with van der Waals surface area (Å²) in [4.78, 5) is 6.75. The van der Waals surface area contributed by atoms with Crippen LogP contribution in [-0.2, 0) is 0 Å². The second kappa shape index (κ2) is 6.12. The van der Waals surface area contributed by atoms with Crippen LogP contribution >= 0.6 is 0 Å². The molecule has 1 aliphatic rings. The van der Waals surface area contributed by atoms with E-state index in [1.165, 1.54) is 31.4 Å². The highest BCUT2D eigenvalue weighted by Gasteiger charge is 2.30. The summed E-state index contributed by atoms with van der Waals surface area (Å²) in [5, 5.41) is 0. The van der Waals surface area contributed by atoms with Crippen LogP contribution in [0.3, 0.4) is 0 Å². The molecule has 17 heavy (non-hydrogen) atoms. The van der Waals surface area contributed by atoms with Crippen molar-refractivity contribution in [3.8, 4) is 0 Å². The Kier molecular flexibility index (Phi) is 4.51. The molecule has 94 valence electrons. The van der Waals surface area contributed by atoms with Gasteiger partial charge in [-0.05, 0) is 56.5 Å². The Morgan fingerprint density at radius 3 is 2.88 bits per heavy atom. The van der Waals surface area contributed by atoms with Crippen molar-refractivity contribution in [2.45, 2.75) is 44.7 Å². The fraction of sp³-hybridized carbons (Fsp3) is 0.643. The van der Waals surface area contributed by atoms with Crippen molar-refractivity contribution in [2.24, 2.45) is 5.73 Å². The quantitative estimate of drug-likeness (QED) is 0.849. The van der Waals surface area contributed by atoms with Crippen LogP contribution < -0.4 is 5.73 Å². The highest BCUT2D eigenvalue weighted by atomic mass is 15.2. The normalized spacial score (nSPS) is 22.8. The van der Waals surface area contributed by atoms with E-state index in [-0.39, 0.29) is 0 Å². The highest BCUT2D eigenvalue weighted by molar-refractivity contribution is 5.16. The number of nitrogens with two attached hydrogens (primary N) is 1. The molecular weight excluding hydrogens is 210 g/mol. The number of aromatic nitrogens is 1. The van der Waals surface area contributed by atoms with Gasteiger partial charge in [-0.15, -0.1) is 0 Å². The zero-order valence-electron chi connectivity index (χ0n) is 10.7. The van der Waals surface area contributed by atoms with Crippen LogP contribution in [0.4, 0.5) is 0 Å². The molecule has 0 saturated carbocycles. The molecule has 2 atom stereocenters. The second-order valence-corrected chi connectivity index (χ2v) is 4.82. The van der Waals surface area contributed by atoms with E-state index in [4.69, 9.17) is 5.73 Å². The molecule has 2 unspecified atom stereocenters. The Balaban J connectivity index is 2.11. The van der Waals surface area contributed by atoms with E-state index in [1.807, 2.05) is 12.4 Å². The van der Waals surface area contributed by atoms with Gasteiger partial charge in [-0.3, -0.25) is 9.88 Å². The summed E-state index contributed by atoms with van der Waals surface area (Å²) >= 11 is 0. The lowest BCUT2D eigenvalue weighted by Gasteiger charge is -2.32. The molecule has 2 heterocycles. The van der Waals surface area contributed by atoms with Crippen molar-refractivity contribution in [3.05, 3.63) is 30.1 Å². The summed E-state index contributed by atoms with van der Waals surface area (Å²) in [6.07, 6.45) is 8.67. The maximum atomic E-state index is 5.72. The lowest BCUT2D eigenvalue weighted by molar-refractivity contribution is 0.168. The van der Waals surface area contributed by atoms with Crippen LogP contribution in [0.2, 0.25) is 0 Å². The first-order valence-electron chi connectivity index (χ1n) is 6.72. The van der Waals surface area contributed by atoms with Gasteiger partial charge in [0.15, 0.2) is 0 Å². The van der Waals surface area contributed by atoms with E-state index in [0.717, 1.165) is 13.0 Å². The molecule has 1 fully saturated rings. The maximum Gasteiger partial charge on any atom is 0.0352 e. The van der Waals surface area contributed by atoms with Crippen LogP contribution in [0.25, 0.3) is 0 Å². The lowest BCUT2D eigenvalue weighted by atomic mass is 10.0. The van der Waals surface area contributed by atoms with Crippen LogP contribution in [-0.4, -0.2) is 29.0 Å². The molecule has 2 rings (SSSR count). The number of nitrogens with zero attached hydrogens (tertiary/aromatic N) is 2. The van der Waals surface area contributed by atoms with Crippen molar-refractivity contribution in [2.75, 3.05) is 13.1 Å². The fourth-order valence-electron chi connectivity index (χ4n) is 2.97. The summed E-state index contributed by atoms with van der Waals surface area (Å²) < 4.78 is 0. The van der Waals surface area contributed by atoms with Gasteiger partial charge >= 0.3 is 0 Å². The monoisotopic (exact) mass is 233 g/mol. The molecule has 2 N–H and O–H groups in total. The van der Waals surface area contributed by atoms with Crippen molar-refractivity contribution in [1.29, 1.82) is 0 Å². The minimum absolute atomic E-state index is 0.578. The molecule has 0 aliphatic carbocycles. The van der Waals surface area contributed by atoms with Gasteiger partial charge in [-0.1, -0.05) is 6.92 Å². The molecular formula is C14H23N3. The summed E-state index contributed by atoms with van der Waals surface area (Å²) in [6.45, 7) is 4.27. The minimum Gasteiger partial charge on any atom is -0.330 e. The van der Waals surface area contributed by atoms with Gasteiger partial charge in [0.2, 0.25) is 0 Å². The largest absolute Gasteiger partial charge is 0.330 e. The standard InChI is InChI=1S/C14H23N3/c1-2-13(5-8-15)17-11-3-4-14(17)12-6-9-16-10-7-12/h6-7,9-10,13-14H,2-5,8,11,15H2,1H3. The summed E-state index contributed by atoms with van der Waals surface area (Å²) in [6, 6.07) is 5.52. The third kappa shape index (κ3) is 2.85. The van der Waals surface area contributed by atoms with Gasteiger partial charge in [-0.2, -0.15) is 0 Å². The third-order valence-electron chi connectivity index (χ3n) is 3.83. The number of hydrogen-bond acceptors (Lipinski definition) is 3. The molecule has 0 radical (unpaired) electrons. The van der Waals surface area contributed by atoms with Crippen LogP contribution in [0.15, 0.2) is 24.5 Å². The third-order valence-corrected chi connectivity index (χ3v) is 3.83. The average Bonchev–Trinajstić information content (AvgIpc) is 2.86. The van der Waals surface area contributed by atoms with E-state index < -0.39 is 0 Å². The van der Waals surface area contributed by atoms with Gasteiger partial charge in [0.1, 0.15) is 0 Å². The predicted molar refractivity (Wildman–Crippen MR) is 70.7 cm³/mol. The summed E-state index contributed by atoms with van der Waals surface area (Å²) in [5.74, 6) is 0. The molecule has 0 spiro atoms. The maximum absolute atomic E-state index is 5.72. The minimum atomic E-state index is 0.578. The van der Waals surface area contributed by atoms with Crippen molar-refractivity contribution >= 4 is 0 Å². The zero-order chi connectivity index (χ0) is 12.1. The molecule has 0 bridgehead atoms.